The molecule has 0 atom stereocenters. The molecule has 0 fully saturated rings. The molecule has 0 unspecified atom stereocenters. The number of hydrogen-bond acceptors (Lipinski definition) is 4. The van der Waals surface area contributed by atoms with Crippen LogP contribution >= 0.6 is 35.0 Å². The highest BCUT2D eigenvalue weighted by atomic mass is 35.5. The molecule has 1 N–H and O–H groups in total. The van der Waals surface area contributed by atoms with Crippen molar-refractivity contribution in [1.29, 1.82) is 0 Å². The Hall–Kier alpha value is -1.53. The van der Waals surface area contributed by atoms with Gasteiger partial charge in [-0.25, -0.2) is 4.98 Å². The van der Waals surface area contributed by atoms with Gasteiger partial charge in [-0.05, 0) is 36.2 Å². The van der Waals surface area contributed by atoms with Gasteiger partial charge in [-0.1, -0.05) is 54.9 Å². The van der Waals surface area contributed by atoms with Gasteiger partial charge in [0.2, 0.25) is 0 Å². The molecular weight excluding hydrogens is 401 g/mol. The Kier molecular flexibility index (Phi) is 6.82. The Morgan fingerprint density at radius 3 is 2.48 bits per heavy atom. The Morgan fingerprint density at radius 1 is 1.15 bits per heavy atom. The van der Waals surface area contributed by atoms with Crippen molar-refractivity contribution in [1.82, 2.24) is 14.5 Å². The summed E-state index contributed by atoms with van der Waals surface area (Å²) >= 11 is 13.9. The summed E-state index contributed by atoms with van der Waals surface area (Å²) in [7, 11) is 0. The molecule has 0 aliphatic heterocycles. The summed E-state index contributed by atoms with van der Waals surface area (Å²) in [5.41, 5.74) is 1.96. The zero-order valence-electron chi connectivity index (χ0n) is 15.2. The van der Waals surface area contributed by atoms with Gasteiger partial charge in [0.25, 0.3) is 0 Å². The number of nitrogens with zero attached hydrogens (tertiary/aromatic N) is 3. The molecule has 0 saturated heterocycles. The van der Waals surface area contributed by atoms with E-state index in [2.05, 4.69) is 28.4 Å². The van der Waals surface area contributed by atoms with Crippen molar-refractivity contribution >= 4 is 35.0 Å². The Balaban J connectivity index is 1.97. The lowest BCUT2D eigenvalue weighted by Crippen LogP contribution is -2.08. The predicted octanol–water partition coefficient (Wildman–Crippen LogP) is 5.59. The highest BCUT2D eigenvalue weighted by molar-refractivity contribution is 7.99. The minimum Gasteiger partial charge on any atom is -0.388 e. The van der Waals surface area contributed by atoms with Crippen molar-refractivity contribution in [3.63, 3.8) is 0 Å². The molecule has 0 spiro atoms. The maximum atomic E-state index is 9.84. The van der Waals surface area contributed by atoms with Gasteiger partial charge in [-0.3, -0.25) is 4.98 Å². The van der Waals surface area contributed by atoms with Crippen LogP contribution in [0.25, 0.3) is 0 Å². The second-order valence-corrected chi connectivity index (χ2v) is 8.40. The van der Waals surface area contributed by atoms with Crippen LogP contribution in [0.3, 0.4) is 0 Å². The minimum absolute atomic E-state index is 0.112. The maximum Gasteiger partial charge on any atom is 0.135 e. The molecule has 4 nitrogen and oxygen atoms in total. The van der Waals surface area contributed by atoms with Gasteiger partial charge in [0.1, 0.15) is 17.5 Å². The van der Waals surface area contributed by atoms with E-state index in [9.17, 15) is 5.11 Å². The first kappa shape index (κ1) is 20.2. The second-order valence-electron chi connectivity index (χ2n) is 6.46. The molecule has 0 amide bonds. The van der Waals surface area contributed by atoms with E-state index >= 15 is 0 Å². The van der Waals surface area contributed by atoms with E-state index in [1.807, 2.05) is 30.3 Å². The van der Waals surface area contributed by atoms with Crippen LogP contribution in [0.15, 0.2) is 52.5 Å². The minimum atomic E-state index is -0.112. The number of imidazole rings is 1. The quantitative estimate of drug-likeness (QED) is 0.539. The third-order valence-corrected chi connectivity index (χ3v) is 5.61. The molecular formula is C20H21Cl2N3OS. The van der Waals surface area contributed by atoms with Crippen LogP contribution in [0.1, 0.15) is 37.0 Å². The molecule has 0 aliphatic rings. The van der Waals surface area contributed by atoms with Crippen LogP contribution in [-0.2, 0) is 19.6 Å². The molecule has 0 saturated carbocycles. The van der Waals surface area contributed by atoms with Crippen LogP contribution in [0, 0.1) is 0 Å². The molecule has 2 aromatic heterocycles. The lowest BCUT2D eigenvalue weighted by atomic mass is 10.1. The fourth-order valence-corrected chi connectivity index (χ4v) is 4.75. The topological polar surface area (TPSA) is 50.9 Å². The monoisotopic (exact) mass is 421 g/mol. The summed E-state index contributed by atoms with van der Waals surface area (Å²) in [6, 6.07) is 11.4. The highest BCUT2D eigenvalue weighted by Crippen LogP contribution is 2.37. The van der Waals surface area contributed by atoms with Gasteiger partial charge in [0, 0.05) is 39.8 Å². The van der Waals surface area contributed by atoms with Crippen molar-refractivity contribution in [3.8, 4) is 0 Å². The molecule has 142 valence electrons. The van der Waals surface area contributed by atoms with Gasteiger partial charge >= 0.3 is 0 Å². The predicted molar refractivity (Wildman–Crippen MR) is 111 cm³/mol. The number of aliphatic hydroxyl groups excluding tert-OH is 1. The van der Waals surface area contributed by atoms with Crippen molar-refractivity contribution in [2.45, 2.75) is 49.3 Å². The van der Waals surface area contributed by atoms with Crippen LogP contribution in [-0.4, -0.2) is 19.6 Å². The third kappa shape index (κ3) is 5.05. The fourth-order valence-electron chi connectivity index (χ4n) is 2.81. The summed E-state index contributed by atoms with van der Waals surface area (Å²) in [4.78, 5) is 10.0. The van der Waals surface area contributed by atoms with Crippen molar-refractivity contribution in [3.05, 3.63) is 69.9 Å². The number of aromatic nitrogens is 3. The number of benzene rings is 1. The van der Waals surface area contributed by atoms with Crippen LogP contribution < -0.4 is 0 Å². The summed E-state index contributed by atoms with van der Waals surface area (Å²) in [5, 5.41) is 12.0. The fraction of sp³-hybridized carbons (Fsp3) is 0.300. The van der Waals surface area contributed by atoms with Gasteiger partial charge < -0.3 is 9.67 Å². The normalized spacial score (nSPS) is 11.3. The largest absolute Gasteiger partial charge is 0.388 e. The lowest BCUT2D eigenvalue weighted by Gasteiger charge is -2.13. The van der Waals surface area contributed by atoms with Crippen LogP contribution in [0.5, 0.6) is 0 Å². The van der Waals surface area contributed by atoms with Crippen molar-refractivity contribution in [2.75, 3.05) is 0 Å². The van der Waals surface area contributed by atoms with E-state index in [0.29, 0.717) is 22.4 Å². The molecule has 2 heterocycles. The van der Waals surface area contributed by atoms with E-state index in [-0.39, 0.29) is 12.5 Å². The number of rotatable bonds is 7. The molecule has 0 radical (unpaired) electrons. The summed E-state index contributed by atoms with van der Waals surface area (Å²) in [6.07, 6.45) is 2.55. The maximum absolute atomic E-state index is 9.84. The van der Waals surface area contributed by atoms with E-state index in [1.54, 1.807) is 24.0 Å². The molecule has 1 aromatic carbocycles. The number of hydrogen-bond donors (Lipinski definition) is 1. The number of halogens is 2. The van der Waals surface area contributed by atoms with Crippen LogP contribution in [0.2, 0.25) is 10.0 Å². The molecule has 27 heavy (non-hydrogen) atoms. The standard InChI is InChI=1S/C20H21Cl2N3OS/c1-13(2)19-20(27-17-10-14(21)9-15(22)11-17)25(18(12-26)24-19)8-6-16-5-3-4-7-23-16/h3-5,7,9-11,13,26H,6,8,12H2,1-2H3. The summed E-state index contributed by atoms with van der Waals surface area (Å²) < 4.78 is 2.07. The molecule has 0 aliphatic carbocycles. The zero-order valence-corrected chi connectivity index (χ0v) is 17.5. The van der Waals surface area contributed by atoms with Crippen LogP contribution in [0.4, 0.5) is 0 Å². The average Bonchev–Trinajstić information content (AvgIpc) is 2.97. The summed E-state index contributed by atoms with van der Waals surface area (Å²) in [6.45, 7) is 4.77. The molecule has 3 rings (SSSR count). The first-order chi connectivity index (χ1) is 13.0. The van der Waals surface area contributed by atoms with E-state index in [4.69, 9.17) is 23.2 Å². The van der Waals surface area contributed by atoms with Crippen molar-refractivity contribution < 1.29 is 5.11 Å². The Labute approximate surface area is 173 Å². The number of aryl methyl sites for hydroxylation is 1. The first-order valence-electron chi connectivity index (χ1n) is 8.72. The number of pyridine rings is 1. The molecule has 3 aromatic rings. The Bertz CT molecular complexity index is 893. The lowest BCUT2D eigenvalue weighted by molar-refractivity contribution is 0.263. The SMILES string of the molecule is CC(C)c1nc(CO)n(CCc2ccccn2)c1Sc1cc(Cl)cc(Cl)c1. The van der Waals surface area contributed by atoms with Gasteiger partial charge in [0.05, 0.1) is 5.69 Å². The van der Waals surface area contributed by atoms with E-state index in [1.165, 1.54) is 0 Å². The molecule has 0 bridgehead atoms. The Morgan fingerprint density at radius 2 is 1.89 bits per heavy atom. The van der Waals surface area contributed by atoms with Gasteiger partial charge in [-0.2, -0.15) is 0 Å². The second kappa shape index (κ2) is 9.11. The van der Waals surface area contributed by atoms with E-state index < -0.39 is 0 Å². The molecule has 7 heteroatoms. The zero-order chi connectivity index (χ0) is 19.4. The van der Waals surface area contributed by atoms with Gasteiger partial charge in [-0.15, -0.1) is 0 Å². The third-order valence-electron chi connectivity index (χ3n) is 4.08. The smallest absolute Gasteiger partial charge is 0.135 e. The average molecular weight is 422 g/mol. The van der Waals surface area contributed by atoms with Crippen molar-refractivity contribution in [2.24, 2.45) is 0 Å². The number of aliphatic hydroxyl groups is 1. The first-order valence-corrected chi connectivity index (χ1v) is 10.3. The highest BCUT2D eigenvalue weighted by Gasteiger charge is 2.20. The van der Waals surface area contributed by atoms with E-state index in [0.717, 1.165) is 27.7 Å². The van der Waals surface area contributed by atoms with Gasteiger partial charge in [0.15, 0.2) is 0 Å². The summed E-state index contributed by atoms with van der Waals surface area (Å²) in [5.74, 6) is 0.883.